The maximum absolute atomic E-state index is 12.0. The van der Waals surface area contributed by atoms with Crippen LogP contribution in [0.25, 0.3) is 21.7 Å². The van der Waals surface area contributed by atoms with Gasteiger partial charge < -0.3 is 39.0 Å². The van der Waals surface area contributed by atoms with E-state index < -0.39 is 29.6 Å². The first-order valence-corrected chi connectivity index (χ1v) is 12.7. The number of cyclic esters (lactones) is 2. The normalized spacial score (nSPS) is 19.6. The molecule has 2 aliphatic heterocycles. The third-order valence-electron chi connectivity index (χ3n) is 7.55. The highest BCUT2D eigenvalue weighted by Gasteiger charge is 2.58. The molecule has 0 spiro atoms. The van der Waals surface area contributed by atoms with Crippen molar-refractivity contribution in [2.75, 3.05) is 26.7 Å². The number of likely N-dealkylation sites (tertiary alicyclic amines) is 1. The molecule has 0 unspecified atom stereocenters. The summed E-state index contributed by atoms with van der Waals surface area (Å²) >= 11 is 0. The van der Waals surface area contributed by atoms with E-state index in [0.29, 0.717) is 31.3 Å². The molecule has 3 heterocycles. The van der Waals surface area contributed by atoms with Gasteiger partial charge in [-0.2, -0.15) is 0 Å². The average Bonchev–Trinajstić information content (AvgIpc) is 3.54. The van der Waals surface area contributed by atoms with Crippen LogP contribution in [0.1, 0.15) is 18.4 Å². The summed E-state index contributed by atoms with van der Waals surface area (Å²) in [6.45, 7) is 0.871. The number of nitrogens with one attached hydrogen (secondary N) is 1. The molecule has 2 saturated heterocycles. The Morgan fingerprint density at radius 1 is 1.00 bits per heavy atom. The number of aliphatic hydroxyl groups is 2. The van der Waals surface area contributed by atoms with Crippen molar-refractivity contribution in [3.05, 3.63) is 72.4 Å². The summed E-state index contributed by atoms with van der Waals surface area (Å²) in [6.07, 6.45) is 1.03. The van der Waals surface area contributed by atoms with Crippen LogP contribution in [0, 0.1) is 0 Å². The lowest BCUT2D eigenvalue weighted by Crippen LogP contribution is -2.55. The van der Waals surface area contributed by atoms with E-state index in [2.05, 4.69) is 4.98 Å². The van der Waals surface area contributed by atoms with Crippen LogP contribution in [-0.4, -0.2) is 70.9 Å². The third-order valence-corrected chi connectivity index (χ3v) is 7.55. The number of nitrogens with zero attached hydrogens (tertiary/aromatic N) is 1. The highest BCUT2D eigenvalue weighted by Crippen LogP contribution is 2.37. The van der Waals surface area contributed by atoms with Gasteiger partial charge in [0.2, 0.25) is 0 Å². The Kier molecular flexibility index (Phi) is 6.17. The van der Waals surface area contributed by atoms with Crippen LogP contribution < -0.4 is 9.47 Å². The summed E-state index contributed by atoms with van der Waals surface area (Å²) in [5, 5.41) is 25.3. The lowest BCUT2D eigenvalue weighted by molar-refractivity contribution is -0.318. The molecule has 4 aromatic rings. The van der Waals surface area contributed by atoms with Gasteiger partial charge in [0.05, 0.1) is 12.7 Å². The molecule has 1 atom stereocenters. The highest BCUT2D eigenvalue weighted by molar-refractivity contribution is 6.31. The number of rotatable bonds is 7. The number of β-amino-alcohol motifs (C(OH)–C–C–N with tert-alkyl or cyclic N) is 1. The quantitative estimate of drug-likeness (QED) is 0.243. The van der Waals surface area contributed by atoms with E-state index in [0.717, 1.165) is 27.6 Å². The number of ether oxygens (including phenoxy) is 4. The van der Waals surface area contributed by atoms with Crippen LogP contribution >= 0.6 is 0 Å². The number of aromatic nitrogens is 1. The summed E-state index contributed by atoms with van der Waals surface area (Å²) < 4.78 is 21.6. The standard InChI is InChI=1S/C29H28N2O8/c1-36-21-8-6-18-15-20(7-5-19(18)16-21)28(35)10-13-31(14-11-28)17-25(32)29(38-26(33)27(34)39-29)37-24-4-2-3-23-22(24)9-12-30-23/h2-9,12,15-16,25,30,32,35H,10-11,13-14,17H2,1H3/t25-/m0/s1. The zero-order valence-corrected chi connectivity index (χ0v) is 21.3. The van der Waals surface area contributed by atoms with Crippen LogP contribution in [0.3, 0.4) is 0 Å². The van der Waals surface area contributed by atoms with Crippen LogP contribution in [0.2, 0.25) is 0 Å². The largest absolute Gasteiger partial charge is 0.497 e. The van der Waals surface area contributed by atoms with Gasteiger partial charge in [0, 0.05) is 36.7 Å². The van der Waals surface area contributed by atoms with Crippen molar-refractivity contribution in [3.63, 3.8) is 0 Å². The first-order chi connectivity index (χ1) is 18.8. The molecular formula is C29H28N2O8. The average molecular weight is 533 g/mol. The van der Waals surface area contributed by atoms with E-state index in [1.807, 2.05) is 47.4 Å². The fourth-order valence-corrected chi connectivity index (χ4v) is 5.30. The van der Waals surface area contributed by atoms with Gasteiger partial charge in [-0.25, -0.2) is 9.59 Å². The first-order valence-electron chi connectivity index (χ1n) is 12.7. The topological polar surface area (TPSA) is 131 Å². The number of H-pyrrole nitrogens is 1. The van der Waals surface area contributed by atoms with Crippen molar-refractivity contribution in [1.29, 1.82) is 0 Å². The molecule has 39 heavy (non-hydrogen) atoms. The second-order valence-corrected chi connectivity index (χ2v) is 9.96. The Bertz CT molecular complexity index is 1540. The number of carbonyl (C=O) groups excluding carboxylic acids is 2. The smallest absolute Gasteiger partial charge is 0.451 e. The fourth-order valence-electron chi connectivity index (χ4n) is 5.30. The molecule has 0 saturated carbocycles. The van der Waals surface area contributed by atoms with Crippen molar-refractivity contribution in [2.45, 2.75) is 30.5 Å². The van der Waals surface area contributed by atoms with Gasteiger partial charge in [-0.05, 0) is 65.6 Å². The predicted molar refractivity (Wildman–Crippen MR) is 140 cm³/mol. The molecular weight excluding hydrogens is 504 g/mol. The monoisotopic (exact) mass is 532 g/mol. The highest BCUT2D eigenvalue weighted by atomic mass is 16.9. The van der Waals surface area contributed by atoms with Crippen molar-refractivity contribution in [3.8, 4) is 11.5 Å². The molecule has 0 aliphatic carbocycles. The van der Waals surface area contributed by atoms with Crippen molar-refractivity contribution in [2.24, 2.45) is 0 Å². The summed E-state index contributed by atoms with van der Waals surface area (Å²) in [7, 11) is 1.62. The molecule has 10 nitrogen and oxygen atoms in total. The molecule has 10 heteroatoms. The van der Waals surface area contributed by atoms with Crippen LogP contribution in [-0.2, 0) is 24.7 Å². The number of hydrogen-bond acceptors (Lipinski definition) is 9. The molecule has 3 aromatic carbocycles. The van der Waals surface area contributed by atoms with Gasteiger partial charge in [0.15, 0.2) is 6.10 Å². The minimum atomic E-state index is -2.33. The zero-order valence-electron chi connectivity index (χ0n) is 21.3. The van der Waals surface area contributed by atoms with Gasteiger partial charge in [-0.15, -0.1) is 0 Å². The molecule has 202 valence electrons. The van der Waals surface area contributed by atoms with Gasteiger partial charge in [0.1, 0.15) is 11.5 Å². The Balaban J connectivity index is 1.17. The Labute approximate surface area is 223 Å². The SMILES string of the molecule is COc1ccc2cc(C3(O)CCN(C[C@H](O)C4(Oc5cccc6[nH]ccc56)OC(=O)C(=O)O4)CC3)ccc2c1. The van der Waals surface area contributed by atoms with Crippen molar-refractivity contribution >= 4 is 33.6 Å². The first kappa shape index (κ1) is 25.2. The van der Waals surface area contributed by atoms with E-state index in [4.69, 9.17) is 18.9 Å². The van der Waals surface area contributed by atoms with Crippen LogP contribution in [0.4, 0.5) is 0 Å². The Morgan fingerprint density at radius 2 is 1.72 bits per heavy atom. The van der Waals surface area contributed by atoms with Crippen molar-refractivity contribution < 1.29 is 38.7 Å². The van der Waals surface area contributed by atoms with E-state index in [9.17, 15) is 19.8 Å². The Morgan fingerprint density at radius 3 is 2.46 bits per heavy atom. The van der Waals surface area contributed by atoms with E-state index >= 15 is 0 Å². The lowest BCUT2D eigenvalue weighted by Gasteiger charge is -2.40. The maximum atomic E-state index is 12.0. The summed E-state index contributed by atoms with van der Waals surface area (Å²) in [4.78, 5) is 29.0. The number of piperidine rings is 1. The number of carbonyl (C=O) groups is 2. The number of aliphatic hydroxyl groups excluding tert-OH is 1. The van der Waals surface area contributed by atoms with Gasteiger partial charge in [-0.1, -0.05) is 24.3 Å². The lowest BCUT2D eigenvalue weighted by atomic mass is 9.83. The van der Waals surface area contributed by atoms with Crippen molar-refractivity contribution in [1.82, 2.24) is 9.88 Å². The molecule has 6 rings (SSSR count). The number of methoxy groups -OCH3 is 1. The minimum Gasteiger partial charge on any atom is -0.497 e. The minimum absolute atomic E-state index is 0.0166. The molecule has 0 bridgehead atoms. The number of esters is 2. The third kappa shape index (κ3) is 4.56. The van der Waals surface area contributed by atoms with Gasteiger partial charge in [-0.3, -0.25) is 0 Å². The van der Waals surface area contributed by atoms with Crippen LogP contribution in [0.5, 0.6) is 11.5 Å². The number of aromatic amines is 1. The number of fused-ring (bicyclic) bond motifs is 2. The molecule has 0 radical (unpaired) electrons. The summed E-state index contributed by atoms with van der Waals surface area (Å²) in [5.74, 6) is -3.76. The number of benzene rings is 3. The molecule has 2 aliphatic rings. The molecule has 0 amide bonds. The summed E-state index contributed by atoms with van der Waals surface area (Å²) in [5.41, 5.74) is 0.536. The second-order valence-electron chi connectivity index (χ2n) is 9.96. The zero-order chi connectivity index (χ0) is 27.2. The van der Waals surface area contributed by atoms with Gasteiger partial charge in [0.25, 0.3) is 0 Å². The van der Waals surface area contributed by atoms with E-state index in [1.165, 1.54) is 0 Å². The molecule has 1 aromatic heterocycles. The van der Waals surface area contributed by atoms with Crippen LogP contribution in [0.15, 0.2) is 66.9 Å². The fraction of sp³-hybridized carbons (Fsp3) is 0.310. The number of hydrogen-bond donors (Lipinski definition) is 3. The Hall–Kier alpha value is -4.12. The van der Waals surface area contributed by atoms with E-state index in [-0.39, 0.29) is 12.3 Å². The second kappa shape index (κ2) is 9.57. The molecule has 3 N–H and O–H groups in total. The van der Waals surface area contributed by atoms with Gasteiger partial charge >= 0.3 is 17.9 Å². The van der Waals surface area contributed by atoms with E-state index in [1.54, 1.807) is 31.5 Å². The maximum Gasteiger partial charge on any atom is 0.451 e. The summed E-state index contributed by atoms with van der Waals surface area (Å²) in [6, 6.07) is 18.6. The molecule has 2 fully saturated rings. The predicted octanol–water partition coefficient (Wildman–Crippen LogP) is 2.81.